The van der Waals surface area contributed by atoms with Crippen LogP contribution in [0.15, 0.2) is 24.3 Å². The molecule has 0 saturated carbocycles. The quantitative estimate of drug-likeness (QED) is 0.912. The Hall–Kier alpha value is -1.59. The van der Waals surface area contributed by atoms with Gasteiger partial charge in [0.25, 0.3) is 5.91 Å². The Balaban J connectivity index is 1.61. The fourth-order valence-corrected chi connectivity index (χ4v) is 5.76. The molecule has 134 valence electrons. The standard InChI is InChI=1S/C20H27N3OS/c1-20(2)18(13-8-10-23(20)11-9-13)21-19(24)16-12-14-6-5-7-15(22(3)4)17(14)25-16/h5-7,12-13,18H,8-11H2,1-4H3,(H,21,24). The molecule has 25 heavy (non-hydrogen) atoms. The maximum atomic E-state index is 13.0. The fraction of sp³-hybridized carbons (Fsp3) is 0.550. The van der Waals surface area contributed by atoms with Crippen molar-refractivity contribution >= 4 is 33.0 Å². The molecule has 2 bridgehead atoms. The van der Waals surface area contributed by atoms with Gasteiger partial charge in [0.05, 0.1) is 15.3 Å². The second kappa shape index (κ2) is 5.99. The van der Waals surface area contributed by atoms with E-state index in [-0.39, 0.29) is 17.5 Å². The molecule has 1 aromatic carbocycles. The molecule has 1 amide bonds. The molecule has 2 aromatic rings. The summed E-state index contributed by atoms with van der Waals surface area (Å²) in [6.07, 6.45) is 2.40. The molecule has 3 saturated heterocycles. The van der Waals surface area contributed by atoms with E-state index in [9.17, 15) is 4.79 Å². The molecule has 1 N–H and O–H groups in total. The SMILES string of the molecule is CN(C)c1cccc2cc(C(=O)NC3C4CCN(CC4)C3(C)C)sc12. The average molecular weight is 358 g/mol. The number of nitrogens with one attached hydrogen (secondary N) is 1. The van der Waals surface area contributed by atoms with Crippen LogP contribution in [-0.2, 0) is 0 Å². The number of thiophene rings is 1. The van der Waals surface area contributed by atoms with Gasteiger partial charge in [0.15, 0.2) is 0 Å². The van der Waals surface area contributed by atoms with Crippen LogP contribution in [0.4, 0.5) is 5.69 Å². The van der Waals surface area contributed by atoms with Crippen LogP contribution in [0.25, 0.3) is 10.1 Å². The Morgan fingerprint density at radius 2 is 2.00 bits per heavy atom. The van der Waals surface area contributed by atoms with Crippen molar-refractivity contribution in [3.8, 4) is 0 Å². The van der Waals surface area contributed by atoms with Crippen molar-refractivity contribution in [3.63, 3.8) is 0 Å². The third-order valence-corrected chi connectivity index (χ3v) is 7.27. The van der Waals surface area contributed by atoms with Gasteiger partial charge in [-0.25, -0.2) is 0 Å². The van der Waals surface area contributed by atoms with Crippen LogP contribution in [0.5, 0.6) is 0 Å². The number of rotatable bonds is 3. The minimum atomic E-state index is 0.0440. The zero-order valence-corrected chi connectivity index (χ0v) is 16.3. The third kappa shape index (κ3) is 2.74. The van der Waals surface area contributed by atoms with E-state index < -0.39 is 0 Å². The van der Waals surface area contributed by atoms with Crippen molar-refractivity contribution in [1.29, 1.82) is 0 Å². The lowest BCUT2D eigenvalue weighted by atomic mass is 9.72. The van der Waals surface area contributed by atoms with Crippen molar-refractivity contribution in [2.24, 2.45) is 5.92 Å². The molecule has 3 fully saturated rings. The fourth-order valence-electron chi connectivity index (χ4n) is 4.60. The Labute approximate surface area is 153 Å². The Morgan fingerprint density at radius 3 is 2.64 bits per heavy atom. The summed E-state index contributed by atoms with van der Waals surface area (Å²) in [6.45, 7) is 6.88. The van der Waals surface area contributed by atoms with E-state index in [0.717, 1.165) is 10.3 Å². The van der Waals surface area contributed by atoms with Gasteiger partial charge in [-0.3, -0.25) is 9.69 Å². The van der Waals surface area contributed by atoms with Gasteiger partial charge in [0.1, 0.15) is 0 Å². The number of piperidine rings is 3. The summed E-state index contributed by atoms with van der Waals surface area (Å²) in [6, 6.07) is 8.53. The first kappa shape index (κ1) is 16.9. The van der Waals surface area contributed by atoms with Crippen molar-refractivity contribution in [1.82, 2.24) is 10.2 Å². The van der Waals surface area contributed by atoms with E-state index in [1.54, 1.807) is 11.3 Å². The summed E-state index contributed by atoms with van der Waals surface area (Å²) in [5.41, 5.74) is 1.21. The number of hydrogen-bond donors (Lipinski definition) is 1. The lowest BCUT2D eigenvalue weighted by Gasteiger charge is -2.56. The molecular weight excluding hydrogens is 330 g/mol. The molecule has 1 unspecified atom stereocenters. The van der Waals surface area contributed by atoms with Crippen molar-refractivity contribution in [2.75, 3.05) is 32.1 Å². The van der Waals surface area contributed by atoms with Gasteiger partial charge in [0, 0.05) is 25.7 Å². The second-order valence-electron chi connectivity index (χ2n) is 8.13. The topological polar surface area (TPSA) is 35.6 Å². The summed E-state index contributed by atoms with van der Waals surface area (Å²) >= 11 is 1.60. The molecule has 1 atom stereocenters. The van der Waals surface area contributed by atoms with Crippen LogP contribution >= 0.6 is 11.3 Å². The van der Waals surface area contributed by atoms with E-state index in [0.29, 0.717) is 5.92 Å². The van der Waals surface area contributed by atoms with Crippen LogP contribution in [0.1, 0.15) is 36.4 Å². The predicted octanol–water partition coefficient (Wildman–Crippen LogP) is 3.57. The van der Waals surface area contributed by atoms with Crippen LogP contribution in [0.2, 0.25) is 0 Å². The maximum absolute atomic E-state index is 13.0. The highest BCUT2D eigenvalue weighted by Gasteiger charge is 2.48. The van der Waals surface area contributed by atoms with E-state index in [4.69, 9.17) is 0 Å². The zero-order valence-electron chi connectivity index (χ0n) is 15.5. The van der Waals surface area contributed by atoms with E-state index in [2.05, 4.69) is 47.2 Å². The zero-order chi connectivity index (χ0) is 17.8. The Kier molecular flexibility index (Phi) is 4.04. The molecular formula is C20H27N3OS. The third-order valence-electron chi connectivity index (χ3n) is 6.10. The first-order chi connectivity index (χ1) is 11.9. The molecule has 0 radical (unpaired) electrons. The van der Waals surface area contributed by atoms with Crippen LogP contribution < -0.4 is 10.2 Å². The number of amides is 1. The molecule has 3 aliphatic heterocycles. The van der Waals surface area contributed by atoms with Crippen LogP contribution in [-0.4, -0.2) is 49.6 Å². The van der Waals surface area contributed by atoms with Gasteiger partial charge in [-0.2, -0.15) is 0 Å². The van der Waals surface area contributed by atoms with Gasteiger partial charge < -0.3 is 10.2 Å². The van der Waals surface area contributed by atoms with Gasteiger partial charge >= 0.3 is 0 Å². The number of anilines is 1. The minimum Gasteiger partial charge on any atom is -0.377 e. The average Bonchev–Trinajstić information content (AvgIpc) is 3.02. The first-order valence-corrected chi connectivity index (χ1v) is 9.95. The van der Waals surface area contributed by atoms with E-state index >= 15 is 0 Å². The lowest BCUT2D eigenvalue weighted by molar-refractivity contribution is -0.0377. The van der Waals surface area contributed by atoms with Gasteiger partial charge in [-0.05, 0) is 63.2 Å². The molecule has 4 heterocycles. The number of carbonyl (C=O) groups is 1. The monoisotopic (exact) mass is 357 g/mol. The van der Waals surface area contributed by atoms with Crippen molar-refractivity contribution < 1.29 is 4.79 Å². The number of hydrogen-bond acceptors (Lipinski definition) is 4. The maximum Gasteiger partial charge on any atom is 0.261 e. The number of nitrogens with zero attached hydrogens (tertiary/aromatic N) is 2. The smallest absolute Gasteiger partial charge is 0.261 e. The largest absolute Gasteiger partial charge is 0.377 e. The summed E-state index contributed by atoms with van der Waals surface area (Å²) < 4.78 is 1.19. The summed E-state index contributed by atoms with van der Waals surface area (Å²) in [5.74, 6) is 0.688. The summed E-state index contributed by atoms with van der Waals surface area (Å²) in [5, 5.41) is 4.53. The van der Waals surface area contributed by atoms with Crippen molar-refractivity contribution in [2.45, 2.75) is 38.3 Å². The van der Waals surface area contributed by atoms with Crippen LogP contribution in [0, 0.1) is 5.92 Å². The first-order valence-electron chi connectivity index (χ1n) is 9.14. The summed E-state index contributed by atoms with van der Waals surface area (Å²) in [4.78, 5) is 18.5. The van der Waals surface area contributed by atoms with E-state index in [1.807, 2.05) is 20.2 Å². The predicted molar refractivity (Wildman–Crippen MR) is 106 cm³/mol. The van der Waals surface area contributed by atoms with Gasteiger partial charge in [-0.1, -0.05) is 12.1 Å². The molecule has 5 rings (SSSR count). The van der Waals surface area contributed by atoms with Gasteiger partial charge in [-0.15, -0.1) is 11.3 Å². The minimum absolute atomic E-state index is 0.0440. The van der Waals surface area contributed by atoms with Crippen molar-refractivity contribution in [3.05, 3.63) is 29.1 Å². The molecule has 4 nitrogen and oxygen atoms in total. The molecule has 0 spiro atoms. The van der Waals surface area contributed by atoms with E-state index in [1.165, 1.54) is 36.3 Å². The van der Waals surface area contributed by atoms with Gasteiger partial charge in [0.2, 0.25) is 0 Å². The molecule has 1 aromatic heterocycles. The normalized spacial score (nSPS) is 27.4. The number of fused-ring (bicyclic) bond motifs is 4. The highest BCUT2D eigenvalue weighted by Crippen LogP contribution is 2.39. The molecule has 5 heteroatoms. The van der Waals surface area contributed by atoms with Crippen LogP contribution in [0.3, 0.4) is 0 Å². The molecule has 3 aliphatic rings. The Morgan fingerprint density at radius 1 is 1.28 bits per heavy atom. The molecule has 0 aliphatic carbocycles. The summed E-state index contributed by atoms with van der Waals surface area (Å²) in [7, 11) is 4.09. The number of benzene rings is 1. The lowest BCUT2D eigenvalue weighted by Crippen LogP contribution is -2.69. The Bertz CT molecular complexity index is 802. The second-order valence-corrected chi connectivity index (χ2v) is 9.18. The highest BCUT2D eigenvalue weighted by atomic mass is 32.1. The number of carbonyl (C=O) groups excluding carboxylic acids is 1. The highest BCUT2D eigenvalue weighted by molar-refractivity contribution is 7.21.